The van der Waals surface area contributed by atoms with Gasteiger partial charge in [-0.1, -0.05) is 35.4 Å². The van der Waals surface area contributed by atoms with Crippen molar-refractivity contribution in [3.63, 3.8) is 0 Å². The van der Waals surface area contributed by atoms with Crippen molar-refractivity contribution < 1.29 is 4.79 Å². The van der Waals surface area contributed by atoms with Gasteiger partial charge in [-0.15, -0.1) is 11.8 Å². The van der Waals surface area contributed by atoms with Crippen molar-refractivity contribution in [1.29, 1.82) is 0 Å². The number of hydrogen-bond acceptors (Lipinski definition) is 3. The van der Waals surface area contributed by atoms with E-state index in [0.29, 0.717) is 5.75 Å². The third-order valence-electron chi connectivity index (χ3n) is 4.85. The van der Waals surface area contributed by atoms with Crippen molar-refractivity contribution in [2.24, 2.45) is 5.10 Å². The first-order chi connectivity index (χ1) is 13.8. The Morgan fingerprint density at radius 1 is 1.00 bits per heavy atom. The topological polar surface area (TPSA) is 46.4 Å². The summed E-state index contributed by atoms with van der Waals surface area (Å²) < 4.78 is 2.23. The second-order valence-corrected chi connectivity index (χ2v) is 8.40. The van der Waals surface area contributed by atoms with E-state index in [2.05, 4.69) is 67.1 Å². The minimum atomic E-state index is -0.116. The predicted molar refractivity (Wildman–Crippen MR) is 122 cm³/mol. The van der Waals surface area contributed by atoms with Crippen molar-refractivity contribution in [2.75, 3.05) is 5.75 Å². The van der Waals surface area contributed by atoms with Crippen molar-refractivity contribution in [3.8, 4) is 5.69 Å². The largest absolute Gasteiger partial charge is 0.318 e. The molecule has 1 heterocycles. The Labute approximate surface area is 177 Å². The Kier molecular flexibility index (Phi) is 6.60. The molecule has 0 unspecified atom stereocenters. The highest BCUT2D eigenvalue weighted by Gasteiger charge is 2.11. The van der Waals surface area contributed by atoms with E-state index in [4.69, 9.17) is 0 Å². The Hall–Kier alpha value is -2.79. The smallest absolute Gasteiger partial charge is 0.250 e. The number of rotatable bonds is 6. The van der Waals surface area contributed by atoms with Gasteiger partial charge < -0.3 is 4.57 Å². The molecule has 3 aromatic rings. The van der Waals surface area contributed by atoms with Crippen LogP contribution in [-0.4, -0.2) is 22.4 Å². The molecular formula is C24H27N3OS. The molecule has 0 spiro atoms. The van der Waals surface area contributed by atoms with Gasteiger partial charge in [-0.2, -0.15) is 5.10 Å². The molecule has 5 heteroatoms. The summed E-state index contributed by atoms with van der Waals surface area (Å²) in [5.74, 6) is 0.220. The minimum Gasteiger partial charge on any atom is -0.318 e. The number of thioether (sulfide) groups is 1. The van der Waals surface area contributed by atoms with Crippen molar-refractivity contribution in [1.82, 2.24) is 9.99 Å². The third kappa shape index (κ3) is 5.18. The Morgan fingerprint density at radius 2 is 1.69 bits per heavy atom. The molecule has 0 aliphatic rings. The molecular weight excluding hydrogens is 378 g/mol. The first-order valence-corrected chi connectivity index (χ1v) is 10.6. The standard InChI is InChI=1S/C24H27N3OS/c1-16-6-9-22(10-7-16)29-15-24(28)26-25-14-21-13-19(4)27(20(21)5)23-11-8-17(2)12-18(23)3/h6-14H,15H2,1-5H3,(H,26,28)/b25-14-. The summed E-state index contributed by atoms with van der Waals surface area (Å²) in [5.41, 5.74) is 10.7. The molecule has 4 nitrogen and oxygen atoms in total. The first kappa shape index (κ1) is 20.9. The normalized spacial score (nSPS) is 11.2. The number of hydrogen-bond donors (Lipinski definition) is 1. The summed E-state index contributed by atoms with van der Waals surface area (Å²) in [7, 11) is 0. The van der Waals surface area contributed by atoms with Gasteiger partial charge in [0.2, 0.25) is 5.91 Å². The van der Waals surface area contributed by atoms with Gasteiger partial charge >= 0.3 is 0 Å². The number of carbonyl (C=O) groups is 1. The zero-order valence-corrected chi connectivity index (χ0v) is 18.4. The van der Waals surface area contributed by atoms with E-state index in [1.54, 1.807) is 6.21 Å². The molecule has 2 aromatic carbocycles. The molecule has 0 saturated heterocycles. The number of aromatic nitrogens is 1. The fraction of sp³-hybridized carbons (Fsp3) is 0.250. The second-order valence-electron chi connectivity index (χ2n) is 7.35. The molecule has 0 aliphatic carbocycles. The van der Waals surface area contributed by atoms with Crippen molar-refractivity contribution in [2.45, 2.75) is 39.5 Å². The monoisotopic (exact) mass is 405 g/mol. The van der Waals surface area contributed by atoms with Crippen LogP contribution in [0.3, 0.4) is 0 Å². The number of amides is 1. The molecule has 1 aromatic heterocycles. The van der Waals surface area contributed by atoms with E-state index in [0.717, 1.165) is 21.8 Å². The molecule has 0 fully saturated rings. The Bertz CT molecular complexity index is 1050. The molecule has 1 N–H and O–H groups in total. The number of aryl methyl sites for hydroxylation is 4. The summed E-state index contributed by atoms with van der Waals surface area (Å²) in [4.78, 5) is 13.2. The van der Waals surface area contributed by atoms with Gasteiger partial charge in [-0.25, -0.2) is 5.43 Å². The van der Waals surface area contributed by atoms with Crippen LogP contribution in [0.25, 0.3) is 5.69 Å². The number of benzene rings is 2. The van der Waals surface area contributed by atoms with Gasteiger partial charge in [0.1, 0.15) is 0 Å². The summed E-state index contributed by atoms with van der Waals surface area (Å²) >= 11 is 1.50. The summed E-state index contributed by atoms with van der Waals surface area (Å²) in [6.45, 7) is 10.4. The van der Waals surface area contributed by atoms with Crippen LogP contribution in [-0.2, 0) is 4.79 Å². The van der Waals surface area contributed by atoms with Crippen LogP contribution in [0.1, 0.15) is 33.6 Å². The average Bonchev–Trinajstić information content (AvgIpc) is 2.95. The Balaban J connectivity index is 1.65. The molecule has 0 atom stereocenters. The first-order valence-electron chi connectivity index (χ1n) is 9.63. The van der Waals surface area contributed by atoms with Crippen LogP contribution in [0.5, 0.6) is 0 Å². The van der Waals surface area contributed by atoms with Crippen LogP contribution in [0.4, 0.5) is 0 Å². The van der Waals surface area contributed by atoms with Gasteiger partial charge in [0.25, 0.3) is 0 Å². The molecule has 0 aliphatic heterocycles. The van der Waals surface area contributed by atoms with Crippen LogP contribution in [0, 0.1) is 34.6 Å². The summed E-state index contributed by atoms with van der Waals surface area (Å²) in [6.07, 6.45) is 1.72. The molecule has 0 radical (unpaired) electrons. The van der Waals surface area contributed by atoms with Gasteiger partial charge in [-0.3, -0.25) is 4.79 Å². The maximum atomic E-state index is 12.1. The van der Waals surface area contributed by atoms with E-state index in [9.17, 15) is 4.79 Å². The average molecular weight is 406 g/mol. The van der Waals surface area contributed by atoms with Crippen molar-refractivity contribution in [3.05, 3.63) is 82.2 Å². The predicted octanol–water partition coefficient (Wildman–Crippen LogP) is 5.26. The van der Waals surface area contributed by atoms with Crippen LogP contribution >= 0.6 is 11.8 Å². The quantitative estimate of drug-likeness (QED) is 0.345. The molecule has 3 rings (SSSR count). The van der Waals surface area contributed by atoms with Gasteiger partial charge in [0.15, 0.2) is 0 Å². The molecule has 1 amide bonds. The lowest BCUT2D eigenvalue weighted by Gasteiger charge is -2.13. The highest BCUT2D eigenvalue weighted by atomic mass is 32.2. The molecule has 0 bridgehead atoms. The highest BCUT2D eigenvalue weighted by molar-refractivity contribution is 8.00. The lowest BCUT2D eigenvalue weighted by Crippen LogP contribution is -2.19. The number of carbonyl (C=O) groups excluding carboxylic acids is 1. The van der Waals surface area contributed by atoms with E-state index >= 15 is 0 Å². The van der Waals surface area contributed by atoms with Gasteiger partial charge in [-0.05, 0) is 64.4 Å². The van der Waals surface area contributed by atoms with E-state index in [1.165, 1.54) is 34.1 Å². The lowest BCUT2D eigenvalue weighted by atomic mass is 10.1. The van der Waals surface area contributed by atoms with Crippen molar-refractivity contribution >= 4 is 23.9 Å². The second kappa shape index (κ2) is 9.14. The molecule has 150 valence electrons. The van der Waals surface area contributed by atoms with E-state index < -0.39 is 0 Å². The van der Waals surface area contributed by atoms with E-state index in [-0.39, 0.29) is 5.91 Å². The fourth-order valence-electron chi connectivity index (χ4n) is 3.33. The maximum absolute atomic E-state index is 12.1. The highest BCUT2D eigenvalue weighted by Crippen LogP contribution is 2.23. The summed E-state index contributed by atoms with van der Waals surface area (Å²) in [6, 6.07) is 16.7. The zero-order valence-electron chi connectivity index (χ0n) is 17.6. The van der Waals surface area contributed by atoms with Gasteiger partial charge in [0, 0.05) is 27.5 Å². The minimum absolute atomic E-state index is 0.116. The van der Waals surface area contributed by atoms with Gasteiger partial charge in [0.05, 0.1) is 12.0 Å². The number of nitrogens with zero attached hydrogens (tertiary/aromatic N) is 2. The molecule has 29 heavy (non-hydrogen) atoms. The number of hydrazone groups is 1. The third-order valence-corrected chi connectivity index (χ3v) is 5.86. The zero-order chi connectivity index (χ0) is 21.0. The fourth-order valence-corrected chi connectivity index (χ4v) is 4.03. The summed E-state index contributed by atoms with van der Waals surface area (Å²) in [5, 5.41) is 4.16. The molecule has 0 saturated carbocycles. The maximum Gasteiger partial charge on any atom is 0.250 e. The van der Waals surface area contributed by atoms with Crippen LogP contribution in [0.15, 0.2) is 58.5 Å². The lowest BCUT2D eigenvalue weighted by molar-refractivity contribution is -0.118. The number of nitrogens with one attached hydrogen (secondary N) is 1. The van der Waals surface area contributed by atoms with E-state index in [1.807, 2.05) is 31.2 Å². The van der Waals surface area contributed by atoms with Crippen LogP contribution in [0.2, 0.25) is 0 Å². The SMILES string of the molecule is Cc1ccc(SCC(=O)N/N=C\c2cc(C)n(-c3ccc(C)cc3C)c2C)cc1. The van der Waals surface area contributed by atoms with Crippen LogP contribution < -0.4 is 5.43 Å². The Morgan fingerprint density at radius 3 is 2.38 bits per heavy atom.